The lowest BCUT2D eigenvalue weighted by atomic mass is 10.3. The number of anilines is 1. The second kappa shape index (κ2) is 5.25. The molecule has 2 aromatic heterocycles. The van der Waals surface area contributed by atoms with E-state index in [4.69, 9.17) is 0 Å². The summed E-state index contributed by atoms with van der Waals surface area (Å²) in [5.74, 6) is 1.65. The number of aryl methyl sites for hydroxylation is 1. The molecule has 0 radical (unpaired) electrons. The first-order chi connectivity index (χ1) is 8.26. The van der Waals surface area contributed by atoms with E-state index >= 15 is 0 Å². The third kappa shape index (κ3) is 2.45. The summed E-state index contributed by atoms with van der Waals surface area (Å²) in [6.45, 7) is 2.89. The van der Waals surface area contributed by atoms with E-state index in [-0.39, 0.29) is 0 Å². The summed E-state index contributed by atoms with van der Waals surface area (Å²) in [6, 6.07) is 0. The van der Waals surface area contributed by atoms with Crippen LogP contribution in [0.4, 0.5) is 5.82 Å². The number of rotatable bonds is 4. The van der Waals surface area contributed by atoms with Crippen LogP contribution in [0.1, 0.15) is 11.4 Å². The molecule has 17 heavy (non-hydrogen) atoms. The minimum Gasteiger partial charge on any atom is -0.372 e. The van der Waals surface area contributed by atoms with Crippen LogP contribution in [-0.2, 0) is 0 Å². The Hall–Kier alpha value is -1.46. The number of hydrogen-bond donors (Lipinski definition) is 2. The number of nitrogens with one attached hydrogen (secondary N) is 2. The van der Waals surface area contributed by atoms with E-state index in [1.54, 1.807) is 11.3 Å². The number of aromatic nitrogens is 2. The van der Waals surface area contributed by atoms with Crippen molar-refractivity contribution in [3.8, 4) is 0 Å². The molecule has 0 spiro atoms. The molecule has 0 aromatic carbocycles. The quantitative estimate of drug-likeness (QED) is 0.871. The van der Waals surface area contributed by atoms with Gasteiger partial charge in [0, 0.05) is 13.6 Å². The highest BCUT2D eigenvalue weighted by Crippen LogP contribution is 2.29. The van der Waals surface area contributed by atoms with Crippen molar-refractivity contribution in [1.82, 2.24) is 15.3 Å². The normalized spacial score (nSPS) is 11.5. The van der Waals surface area contributed by atoms with E-state index in [0.29, 0.717) is 0 Å². The fourth-order valence-electron chi connectivity index (χ4n) is 1.58. The zero-order chi connectivity index (χ0) is 12.3. The molecule has 0 saturated carbocycles. The van der Waals surface area contributed by atoms with E-state index in [0.717, 1.165) is 28.4 Å². The molecular formula is C12H16N4S. The van der Waals surface area contributed by atoms with Crippen LogP contribution in [0.15, 0.2) is 11.5 Å². The summed E-state index contributed by atoms with van der Waals surface area (Å²) in [6.07, 6.45) is 3.95. The Labute approximate surface area is 105 Å². The molecule has 0 fully saturated rings. The number of fused-ring (bicyclic) bond motifs is 1. The smallest absolute Gasteiger partial charge is 0.154 e. The highest BCUT2D eigenvalue weighted by molar-refractivity contribution is 7.18. The van der Waals surface area contributed by atoms with Gasteiger partial charge in [0.1, 0.15) is 5.82 Å². The van der Waals surface area contributed by atoms with E-state index in [2.05, 4.69) is 32.9 Å². The van der Waals surface area contributed by atoms with Crippen molar-refractivity contribution in [2.45, 2.75) is 6.92 Å². The predicted molar refractivity (Wildman–Crippen MR) is 74.7 cm³/mol. The number of nitrogens with zero attached hydrogens (tertiary/aromatic N) is 2. The second-order valence-corrected chi connectivity index (χ2v) is 4.62. The van der Waals surface area contributed by atoms with Crippen molar-refractivity contribution in [3.63, 3.8) is 0 Å². The first kappa shape index (κ1) is 12.0. The van der Waals surface area contributed by atoms with E-state index < -0.39 is 0 Å². The molecule has 0 bridgehead atoms. The highest BCUT2D eigenvalue weighted by Gasteiger charge is 2.08. The Morgan fingerprint density at radius 1 is 1.35 bits per heavy atom. The SMILES string of the molecule is CNC/C=C/c1nc(NC)c2scc(C)c2n1. The van der Waals surface area contributed by atoms with Crippen molar-refractivity contribution in [2.24, 2.45) is 0 Å². The van der Waals surface area contributed by atoms with Crippen molar-refractivity contribution in [2.75, 3.05) is 26.0 Å². The minimum atomic E-state index is 0.749. The molecule has 90 valence electrons. The van der Waals surface area contributed by atoms with Crippen LogP contribution in [0, 0.1) is 6.92 Å². The third-order valence-electron chi connectivity index (χ3n) is 2.44. The maximum absolute atomic E-state index is 4.56. The zero-order valence-electron chi connectivity index (χ0n) is 10.2. The van der Waals surface area contributed by atoms with Gasteiger partial charge in [-0.15, -0.1) is 11.3 Å². The van der Waals surface area contributed by atoms with Gasteiger partial charge in [-0.2, -0.15) is 0 Å². The Balaban J connectivity index is 2.47. The van der Waals surface area contributed by atoms with Crippen molar-refractivity contribution >= 4 is 33.4 Å². The maximum atomic E-state index is 4.56. The van der Waals surface area contributed by atoms with Crippen LogP contribution in [0.25, 0.3) is 16.3 Å². The number of thiophene rings is 1. The Morgan fingerprint density at radius 3 is 2.88 bits per heavy atom. The molecule has 0 aliphatic rings. The van der Waals surface area contributed by atoms with Gasteiger partial charge in [0.05, 0.1) is 10.2 Å². The fourth-order valence-corrected chi connectivity index (χ4v) is 2.56. The van der Waals surface area contributed by atoms with Gasteiger partial charge < -0.3 is 10.6 Å². The largest absolute Gasteiger partial charge is 0.372 e. The Kier molecular flexibility index (Phi) is 3.71. The van der Waals surface area contributed by atoms with E-state index in [1.807, 2.05) is 26.2 Å². The van der Waals surface area contributed by atoms with Gasteiger partial charge in [-0.25, -0.2) is 9.97 Å². The van der Waals surface area contributed by atoms with Crippen molar-refractivity contribution < 1.29 is 0 Å². The van der Waals surface area contributed by atoms with Gasteiger partial charge in [-0.05, 0) is 31.0 Å². The molecule has 2 N–H and O–H groups in total. The molecule has 0 atom stereocenters. The average molecular weight is 248 g/mol. The monoisotopic (exact) mass is 248 g/mol. The lowest BCUT2D eigenvalue weighted by Gasteiger charge is -2.02. The topological polar surface area (TPSA) is 49.8 Å². The molecule has 2 aromatic rings. The summed E-state index contributed by atoms with van der Waals surface area (Å²) in [7, 11) is 3.80. The maximum Gasteiger partial charge on any atom is 0.154 e. The van der Waals surface area contributed by atoms with Gasteiger partial charge in [-0.1, -0.05) is 6.08 Å². The molecule has 2 heterocycles. The summed E-state index contributed by atoms with van der Waals surface area (Å²) in [5.41, 5.74) is 2.24. The van der Waals surface area contributed by atoms with Crippen LogP contribution >= 0.6 is 11.3 Å². The molecular weight excluding hydrogens is 232 g/mol. The van der Waals surface area contributed by atoms with Gasteiger partial charge in [0.2, 0.25) is 0 Å². The first-order valence-electron chi connectivity index (χ1n) is 5.51. The summed E-state index contributed by atoms with van der Waals surface area (Å²) in [4.78, 5) is 9.04. The van der Waals surface area contributed by atoms with Crippen LogP contribution in [0.5, 0.6) is 0 Å². The molecule has 0 aliphatic carbocycles. The minimum absolute atomic E-state index is 0.749. The average Bonchev–Trinajstić information content (AvgIpc) is 2.71. The van der Waals surface area contributed by atoms with E-state index in [1.165, 1.54) is 5.56 Å². The van der Waals surface area contributed by atoms with Gasteiger partial charge in [0.25, 0.3) is 0 Å². The molecule has 5 heteroatoms. The van der Waals surface area contributed by atoms with E-state index in [9.17, 15) is 0 Å². The summed E-state index contributed by atoms with van der Waals surface area (Å²) >= 11 is 1.68. The fraction of sp³-hybridized carbons (Fsp3) is 0.333. The van der Waals surface area contributed by atoms with Crippen LogP contribution in [-0.4, -0.2) is 30.6 Å². The lowest BCUT2D eigenvalue weighted by molar-refractivity contribution is 0.921. The first-order valence-corrected chi connectivity index (χ1v) is 6.39. The molecule has 0 amide bonds. The molecule has 0 unspecified atom stereocenters. The highest BCUT2D eigenvalue weighted by atomic mass is 32.1. The van der Waals surface area contributed by atoms with Gasteiger partial charge in [0.15, 0.2) is 5.82 Å². The Morgan fingerprint density at radius 2 is 2.18 bits per heavy atom. The van der Waals surface area contributed by atoms with Crippen molar-refractivity contribution in [1.29, 1.82) is 0 Å². The number of likely N-dealkylation sites (N-methyl/N-ethyl adjacent to an activating group) is 1. The molecule has 0 saturated heterocycles. The van der Waals surface area contributed by atoms with Gasteiger partial charge >= 0.3 is 0 Å². The van der Waals surface area contributed by atoms with Crippen molar-refractivity contribution in [3.05, 3.63) is 22.8 Å². The van der Waals surface area contributed by atoms with Crippen LogP contribution in [0.2, 0.25) is 0 Å². The molecule has 4 nitrogen and oxygen atoms in total. The van der Waals surface area contributed by atoms with Crippen LogP contribution < -0.4 is 10.6 Å². The Bertz CT molecular complexity index is 545. The van der Waals surface area contributed by atoms with Crippen LogP contribution in [0.3, 0.4) is 0 Å². The summed E-state index contributed by atoms with van der Waals surface area (Å²) < 4.78 is 1.12. The third-order valence-corrected chi connectivity index (χ3v) is 3.53. The standard InChI is InChI=1S/C12H16N4S/c1-8-7-17-11-10(8)15-9(5-4-6-13-2)16-12(11)14-3/h4-5,7,13H,6H2,1-3H3,(H,14,15,16)/b5-4+. The summed E-state index contributed by atoms with van der Waals surface area (Å²) in [5, 5.41) is 8.29. The molecule has 2 rings (SSSR count). The second-order valence-electron chi connectivity index (χ2n) is 3.74. The number of hydrogen-bond acceptors (Lipinski definition) is 5. The van der Waals surface area contributed by atoms with Gasteiger partial charge in [-0.3, -0.25) is 0 Å². The molecule has 0 aliphatic heterocycles. The zero-order valence-corrected chi connectivity index (χ0v) is 11.1. The lowest BCUT2D eigenvalue weighted by Crippen LogP contribution is -2.04. The predicted octanol–water partition coefficient (Wildman–Crippen LogP) is 2.27.